The Kier molecular flexibility index (Phi) is 6.72. The molecule has 0 unspecified atom stereocenters. The van der Waals surface area contributed by atoms with Crippen molar-refractivity contribution >= 4 is 29.0 Å². The molecule has 112 valence electrons. The van der Waals surface area contributed by atoms with E-state index in [1.54, 1.807) is 30.2 Å². The average Bonchev–Trinajstić information content (AvgIpc) is 3.03. The van der Waals surface area contributed by atoms with Crippen LogP contribution in [0, 0.1) is 0 Å². The summed E-state index contributed by atoms with van der Waals surface area (Å²) in [7, 11) is 1.66. The van der Waals surface area contributed by atoms with Crippen LogP contribution in [0.4, 0.5) is 0 Å². The Morgan fingerprint density at radius 3 is 2.86 bits per heavy atom. The highest BCUT2D eigenvalue weighted by molar-refractivity contribution is 7.98. The van der Waals surface area contributed by atoms with Gasteiger partial charge in [0.1, 0.15) is 0 Å². The van der Waals surface area contributed by atoms with Crippen LogP contribution in [0.5, 0.6) is 0 Å². The van der Waals surface area contributed by atoms with Crippen LogP contribution in [0.2, 0.25) is 0 Å². The van der Waals surface area contributed by atoms with Gasteiger partial charge in [-0.05, 0) is 30.7 Å². The third-order valence-corrected chi connectivity index (χ3v) is 4.48. The predicted molar refractivity (Wildman–Crippen MR) is 86.9 cm³/mol. The second-order valence-electron chi connectivity index (χ2n) is 4.40. The molecular formula is C15H18N2O2S2. The van der Waals surface area contributed by atoms with E-state index in [2.05, 4.69) is 15.7 Å². The van der Waals surface area contributed by atoms with E-state index in [0.29, 0.717) is 18.7 Å². The Labute approximate surface area is 132 Å². The smallest absolute Gasteiger partial charge is 0.251 e. The number of thioether (sulfide) groups is 1. The van der Waals surface area contributed by atoms with Crippen molar-refractivity contribution in [2.24, 2.45) is 0 Å². The van der Waals surface area contributed by atoms with Gasteiger partial charge in [0.2, 0.25) is 0 Å². The molecule has 1 N–H and O–H groups in total. The lowest BCUT2D eigenvalue weighted by Gasteiger charge is -2.06. The number of ether oxygens (including phenoxy) is 1. The first-order chi connectivity index (χ1) is 10.3. The molecular weight excluding hydrogens is 304 g/mol. The molecule has 0 fully saturated rings. The summed E-state index contributed by atoms with van der Waals surface area (Å²) in [6.45, 7) is 1.29. The van der Waals surface area contributed by atoms with Crippen molar-refractivity contribution in [2.75, 3.05) is 20.3 Å². The number of hydrogen-bond donors (Lipinski definition) is 1. The van der Waals surface area contributed by atoms with Crippen LogP contribution < -0.4 is 5.32 Å². The topological polar surface area (TPSA) is 51.2 Å². The summed E-state index contributed by atoms with van der Waals surface area (Å²) in [5.74, 6) is 0.814. The molecule has 1 amide bonds. The zero-order chi connectivity index (χ0) is 14.9. The van der Waals surface area contributed by atoms with Gasteiger partial charge in [-0.2, -0.15) is 0 Å². The maximum atomic E-state index is 11.9. The maximum absolute atomic E-state index is 11.9. The first-order valence-corrected chi connectivity index (χ1v) is 8.59. The molecule has 2 aromatic rings. The van der Waals surface area contributed by atoms with Gasteiger partial charge < -0.3 is 10.1 Å². The number of carbonyl (C=O) groups excluding carboxylic acids is 1. The lowest BCUT2D eigenvalue weighted by Crippen LogP contribution is -2.25. The largest absolute Gasteiger partial charge is 0.385 e. The van der Waals surface area contributed by atoms with Crippen LogP contribution in [-0.2, 0) is 10.5 Å². The molecule has 0 spiro atoms. The van der Waals surface area contributed by atoms with E-state index in [1.807, 2.05) is 29.8 Å². The molecule has 0 bridgehead atoms. The standard InChI is InChI=1S/C15H18N2O2S2/c1-19-8-2-7-16-15(18)12-3-5-14(6-4-12)21-10-13-9-20-11-17-13/h3-6,9,11H,2,7-8,10H2,1H3,(H,16,18). The molecule has 1 aromatic heterocycles. The van der Waals surface area contributed by atoms with E-state index in [4.69, 9.17) is 4.74 Å². The number of amides is 1. The number of carbonyl (C=O) groups is 1. The van der Waals surface area contributed by atoms with Crippen molar-refractivity contribution in [3.63, 3.8) is 0 Å². The quantitative estimate of drug-likeness (QED) is 0.599. The lowest BCUT2D eigenvalue weighted by atomic mass is 10.2. The molecule has 0 saturated carbocycles. The average molecular weight is 322 g/mol. The molecule has 0 radical (unpaired) electrons. The second-order valence-corrected chi connectivity index (χ2v) is 6.16. The van der Waals surface area contributed by atoms with Gasteiger partial charge in [0.05, 0.1) is 11.2 Å². The molecule has 4 nitrogen and oxygen atoms in total. The van der Waals surface area contributed by atoms with Gasteiger partial charge in [-0.1, -0.05) is 0 Å². The van der Waals surface area contributed by atoms with Crippen LogP contribution in [0.1, 0.15) is 22.5 Å². The Balaban J connectivity index is 1.79. The number of rotatable bonds is 8. The zero-order valence-corrected chi connectivity index (χ0v) is 13.5. The van der Waals surface area contributed by atoms with E-state index in [-0.39, 0.29) is 5.91 Å². The van der Waals surface area contributed by atoms with Crippen LogP contribution in [0.15, 0.2) is 40.1 Å². The van der Waals surface area contributed by atoms with Gasteiger partial charge in [-0.25, -0.2) is 4.98 Å². The number of aromatic nitrogens is 1. The van der Waals surface area contributed by atoms with Crippen molar-refractivity contribution in [3.8, 4) is 0 Å². The van der Waals surface area contributed by atoms with Crippen molar-refractivity contribution < 1.29 is 9.53 Å². The second kappa shape index (κ2) is 8.81. The van der Waals surface area contributed by atoms with Crippen molar-refractivity contribution in [1.29, 1.82) is 0 Å². The Bertz CT molecular complexity index is 541. The van der Waals surface area contributed by atoms with Crippen LogP contribution in [0.25, 0.3) is 0 Å². The van der Waals surface area contributed by atoms with Gasteiger partial charge in [0.25, 0.3) is 5.91 Å². The monoisotopic (exact) mass is 322 g/mol. The molecule has 0 aliphatic heterocycles. The number of hydrogen-bond acceptors (Lipinski definition) is 5. The van der Waals surface area contributed by atoms with Crippen LogP contribution in [0.3, 0.4) is 0 Å². The molecule has 1 aromatic carbocycles. The summed E-state index contributed by atoms with van der Waals surface area (Å²) >= 11 is 3.32. The van der Waals surface area contributed by atoms with Gasteiger partial charge >= 0.3 is 0 Å². The van der Waals surface area contributed by atoms with Gasteiger partial charge in [0.15, 0.2) is 0 Å². The molecule has 1 heterocycles. The SMILES string of the molecule is COCCCNC(=O)c1ccc(SCc2cscn2)cc1. The highest BCUT2D eigenvalue weighted by atomic mass is 32.2. The molecule has 0 saturated heterocycles. The number of benzene rings is 1. The van der Waals surface area contributed by atoms with Crippen molar-refractivity contribution in [3.05, 3.63) is 46.4 Å². The van der Waals surface area contributed by atoms with Crippen LogP contribution in [-0.4, -0.2) is 31.2 Å². The molecule has 0 atom stereocenters. The first-order valence-electron chi connectivity index (χ1n) is 6.66. The Hall–Kier alpha value is -1.37. The van der Waals surface area contributed by atoms with Crippen LogP contribution >= 0.6 is 23.1 Å². The van der Waals surface area contributed by atoms with Gasteiger partial charge in [-0.15, -0.1) is 23.1 Å². The zero-order valence-electron chi connectivity index (χ0n) is 11.9. The number of methoxy groups -OCH3 is 1. The maximum Gasteiger partial charge on any atom is 0.251 e. The normalized spacial score (nSPS) is 10.5. The highest BCUT2D eigenvalue weighted by Crippen LogP contribution is 2.22. The molecule has 0 aliphatic rings. The molecule has 0 aliphatic carbocycles. The summed E-state index contributed by atoms with van der Waals surface area (Å²) in [6, 6.07) is 7.66. The first kappa shape index (κ1) is 16.0. The summed E-state index contributed by atoms with van der Waals surface area (Å²) in [5.41, 5.74) is 3.61. The third kappa shape index (κ3) is 5.49. The van der Waals surface area contributed by atoms with Crippen molar-refractivity contribution in [2.45, 2.75) is 17.1 Å². The Morgan fingerprint density at radius 2 is 2.19 bits per heavy atom. The summed E-state index contributed by atoms with van der Waals surface area (Å²) < 4.78 is 4.94. The highest BCUT2D eigenvalue weighted by Gasteiger charge is 2.05. The number of nitrogens with zero attached hydrogens (tertiary/aromatic N) is 1. The minimum absolute atomic E-state index is 0.0397. The predicted octanol–water partition coefficient (Wildman–Crippen LogP) is 3.20. The third-order valence-electron chi connectivity index (χ3n) is 2.80. The van der Waals surface area contributed by atoms with Gasteiger partial charge in [-0.3, -0.25) is 4.79 Å². The Morgan fingerprint density at radius 1 is 1.38 bits per heavy atom. The van der Waals surface area contributed by atoms with E-state index < -0.39 is 0 Å². The lowest BCUT2D eigenvalue weighted by molar-refractivity contribution is 0.0948. The van der Waals surface area contributed by atoms with E-state index in [1.165, 1.54) is 0 Å². The summed E-state index contributed by atoms with van der Waals surface area (Å²) in [5, 5.41) is 4.92. The van der Waals surface area contributed by atoms with E-state index in [9.17, 15) is 4.79 Å². The number of thiazole rings is 1. The molecule has 2 rings (SSSR count). The summed E-state index contributed by atoms with van der Waals surface area (Å²) in [4.78, 5) is 17.3. The van der Waals surface area contributed by atoms with E-state index >= 15 is 0 Å². The molecule has 6 heteroatoms. The fraction of sp³-hybridized carbons (Fsp3) is 0.333. The van der Waals surface area contributed by atoms with E-state index in [0.717, 1.165) is 22.8 Å². The fourth-order valence-corrected chi connectivity index (χ4v) is 3.15. The number of nitrogens with one attached hydrogen (secondary N) is 1. The van der Waals surface area contributed by atoms with Gasteiger partial charge in [0, 0.05) is 41.9 Å². The molecule has 21 heavy (non-hydrogen) atoms. The van der Waals surface area contributed by atoms with Crippen molar-refractivity contribution in [1.82, 2.24) is 10.3 Å². The summed E-state index contributed by atoms with van der Waals surface area (Å²) in [6.07, 6.45) is 0.823. The minimum Gasteiger partial charge on any atom is -0.385 e. The minimum atomic E-state index is -0.0397. The fourth-order valence-electron chi connectivity index (χ4n) is 1.69.